The molecule has 102 valence electrons. The lowest BCUT2D eigenvalue weighted by atomic mass is 10.2. The van der Waals surface area contributed by atoms with Crippen molar-refractivity contribution in [1.29, 1.82) is 0 Å². The first-order valence-corrected chi connectivity index (χ1v) is 6.68. The monoisotopic (exact) mass is 252 g/mol. The minimum atomic E-state index is 0.0824. The first-order valence-electron chi connectivity index (χ1n) is 6.68. The van der Waals surface area contributed by atoms with E-state index in [0.717, 1.165) is 32.4 Å². The number of carbonyl (C=O) groups excluding carboxylic acids is 1. The zero-order valence-electron chi connectivity index (χ0n) is 11.4. The maximum atomic E-state index is 11.4. The van der Waals surface area contributed by atoms with E-state index in [0.29, 0.717) is 6.54 Å². The van der Waals surface area contributed by atoms with Crippen LogP contribution in [0.15, 0.2) is 18.7 Å². The topological polar surface area (TPSA) is 59.0 Å². The molecular weight excluding hydrogens is 228 g/mol. The van der Waals surface area contributed by atoms with Crippen LogP contribution in [0.1, 0.15) is 33.1 Å². The summed E-state index contributed by atoms with van der Waals surface area (Å²) in [7, 11) is 0. The van der Waals surface area contributed by atoms with E-state index in [9.17, 15) is 4.79 Å². The van der Waals surface area contributed by atoms with Gasteiger partial charge in [0.1, 0.15) is 0 Å². The van der Waals surface area contributed by atoms with E-state index in [1.165, 1.54) is 0 Å². The van der Waals surface area contributed by atoms with Crippen LogP contribution in [-0.2, 0) is 11.3 Å². The summed E-state index contributed by atoms with van der Waals surface area (Å²) in [6.45, 7) is 6.36. The minimum Gasteiger partial charge on any atom is -0.353 e. The number of aromatic nitrogens is 2. The summed E-state index contributed by atoms with van der Waals surface area (Å²) >= 11 is 0. The average molecular weight is 252 g/mol. The van der Waals surface area contributed by atoms with Gasteiger partial charge >= 0.3 is 0 Å². The molecule has 0 bridgehead atoms. The first-order chi connectivity index (χ1) is 8.72. The van der Waals surface area contributed by atoms with Gasteiger partial charge in [0, 0.05) is 25.0 Å². The number of amides is 1. The van der Waals surface area contributed by atoms with Gasteiger partial charge in [0.15, 0.2) is 0 Å². The van der Waals surface area contributed by atoms with E-state index in [-0.39, 0.29) is 11.9 Å². The Morgan fingerprint density at radius 3 is 2.94 bits per heavy atom. The van der Waals surface area contributed by atoms with Gasteiger partial charge in [0.2, 0.25) is 5.91 Å². The molecule has 1 heterocycles. The van der Waals surface area contributed by atoms with Crippen molar-refractivity contribution in [2.24, 2.45) is 0 Å². The van der Waals surface area contributed by atoms with Gasteiger partial charge in [-0.2, -0.15) is 0 Å². The van der Waals surface area contributed by atoms with Crippen molar-refractivity contribution >= 4 is 5.91 Å². The predicted molar refractivity (Wildman–Crippen MR) is 72.2 cm³/mol. The Balaban J connectivity index is 1.93. The number of carbonyl (C=O) groups is 1. The highest BCUT2D eigenvalue weighted by atomic mass is 16.1. The molecular formula is C13H24N4O. The van der Waals surface area contributed by atoms with E-state index >= 15 is 0 Å². The fourth-order valence-corrected chi connectivity index (χ4v) is 1.59. The zero-order valence-corrected chi connectivity index (χ0v) is 11.4. The number of hydrogen-bond acceptors (Lipinski definition) is 3. The summed E-state index contributed by atoms with van der Waals surface area (Å²) in [5.41, 5.74) is 0. The number of aryl methyl sites for hydroxylation is 1. The van der Waals surface area contributed by atoms with Crippen molar-refractivity contribution in [1.82, 2.24) is 20.2 Å². The Labute approximate surface area is 109 Å². The molecule has 1 aromatic heterocycles. The molecule has 5 nitrogen and oxygen atoms in total. The lowest BCUT2D eigenvalue weighted by molar-refractivity contribution is -0.120. The van der Waals surface area contributed by atoms with Crippen LogP contribution in [0.4, 0.5) is 0 Å². The van der Waals surface area contributed by atoms with Gasteiger partial charge in [-0.1, -0.05) is 6.92 Å². The van der Waals surface area contributed by atoms with Gasteiger partial charge in [0.25, 0.3) is 0 Å². The van der Waals surface area contributed by atoms with Crippen LogP contribution >= 0.6 is 0 Å². The molecule has 0 aromatic carbocycles. The predicted octanol–water partition coefficient (Wildman–Crippen LogP) is 1.17. The fraction of sp³-hybridized carbons (Fsp3) is 0.692. The Morgan fingerprint density at radius 1 is 1.44 bits per heavy atom. The lowest BCUT2D eigenvalue weighted by Gasteiger charge is -2.11. The van der Waals surface area contributed by atoms with Crippen LogP contribution in [0.5, 0.6) is 0 Å². The SMILES string of the molecule is CCC(C)NC(=O)CNCCCCn1ccnc1. The van der Waals surface area contributed by atoms with E-state index in [1.54, 1.807) is 6.20 Å². The molecule has 0 saturated heterocycles. The van der Waals surface area contributed by atoms with Crippen molar-refractivity contribution in [2.75, 3.05) is 13.1 Å². The molecule has 0 saturated carbocycles. The van der Waals surface area contributed by atoms with E-state index in [2.05, 4.69) is 27.1 Å². The van der Waals surface area contributed by atoms with Gasteiger partial charge in [-0.25, -0.2) is 4.98 Å². The number of imidazole rings is 1. The fourth-order valence-electron chi connectivity index (χ4n) is 1.59. The summed E-state index contributed by atoms with van der Waals surface area (Å²) in [6.07, 6.45) is 8.71. The molecule has 0 aliphatic carbocycles. The molecule has 5 heteroatoms. The van der Waals surface area contributed by atoms with Gasteiger partial charge < -0.3 is 15.2 Å². The van der Waals surface area contributed by atoms with Crippen molar-refractivity contribution in [3.63, 3.8) is 0 Å². The summed E-state index contributed by atoms with van der Waals surface area (Å²) in [6, 6.07) is 0.264. The molecule has 2 N–H and O–H groups in total. The number of hydrogen-bond donors (Lipinski definition) is 2. The zero-order chi connectivity index (χ0) is 13.2. The highest BCUT2D eigenvalue weighted by Gasteiger charge is 2.03. The summed E-state index contributed by atoms with van der Waals surface area (Å²) in [4.78, 5) is 15.4. The molecule has 0 radical (unpaired) electrons. The van der Waals surface area contributed by atoms with E-state index < -0.39 is 0 Å². The van der Waals surface area contributed by atoms with Crippen molar-refractivity contribution < 1.29 is 4.79 Å². The van der Waals surface area contributed by atoms with Crippen molar-refractivity contribution in [3.8, 4) is 0 Å². The molecule has 18 heavy (non-hydrogen) atoms. The van der Waals surface area contributed by atoms with Crippen LogP contribution in [0.3, 0.4) is 0 Å². The summed E-state index contributed by atoms with van der Waals surface area (Å²) in [5.74, 6) is 0.0824. The average Bonchev–Trinajstić information content (AvgIpc) is 2.86. The Morgan fingerprint density at radius 2 is 2.28 bits per heavy atom. The van der Waals surface area contributed by atoms with Crippen molar-refractivity contribution in [2.45, 2.75) is 45.7 Å². The largest absolute Gasteiger partial charge is 0.353 e. The second kappa shape index (κ2) is 8.69. The molecule has 0 aliphatic rings. The Kier molecular flexibility index (Phi) is 7.10. The number of unbranched alkanes of at least 4 members (excludes halogenated alkanes) is 1. The molecule has 1 rings (SSSR count). The molecule has 1 aromatic rings. The number of nitrogens with one attached hydrogen (secondary N) is 2. The molecule has 0 spiro atoms. The minimum absolute atomic E-state index is 0.0824. The Hall–Kier alpha value is -1.36. The maximum absolute atomic E-state index is 11.4. The third-order valence-electron chi connectivity index (χ3n) is 2.88. The van der Waals surface area contributed by atoms with Crippen molar-refractivity contribution in [3.05, 3.63) is 18.7 Å². The Bertz CT molecular complexity index is 324. The normalized spacial score (nSPS) is 12.3. The second-order valence-electron chi connectivity index (χ2n) is 4.56. The van der Waals surface area contributed by atoms with Gasteiger partial charge in [-0.05, 0) is 32.7 Å². The lowest BCUT2D eigenvalue weighted by Crippen LogP contribution is -2.39. The van der Waals surface area contributed by atoms with Gasteiger partial charge in [-0.15, -0.1) is 0 Å². The number of nitrogens with zero attached hydrogens (tertiary/aromatic N) is 2. The van der Waals surface area contributed by atoms with Crippen LogP contribution in [0.25, 0.3) is 0 Å². The number of rotatable bonds is 9. The van der Waals surface area contributed by atoms with Gasteiger partial charge in [0.05, 0.1) is 12.9 Å². The van der Waals surface area contributed by atoms with E-state index in [4.69, 9.17) is 0 Å². The van der Waals surface area contributed by atoms with Crippen LogP contribution in [0, 0.1) is 0 Å². The quantitative estimate of drug-likeness (QED) is 0.649. The molecule has 0 fully saturated rings. The second-order valence-corrected chi connectivity index (χ2v) is 4.56. The smallest absolute Gasteiger partial charge is 0.234 e. The van der Waals surface area contributed by atoms with Crippen LogP contribution in [0.2, 0.25) is 0 Å². The van der Waals surface area contributed by atoms with Crippen LogP contribution in [-0.4, -0.2) is 34.6 Å². The highest BCUT2D eigenvalue weighted by molar-refractivity contribution is 5.78. The van der Waals surface area contributed by atoms with E-state index in [1.807, 2.05) is 19.4 Å². The molecule has 1 amide bonds. The third kappa shape index (κ3) is 6.39. The molecule has 1 unspecified atom stereocenters. The summed E-state index contributed by atoms with van der Waals surface area (Å²) < 4.78 is 2.07. The molecule has 0 aliphatic heterocycles. The first kappa shape index (κ1) is 14.7. The van der Waals surface area contributed by atoms with Gasteiger partial charge in [-0.3, -0.25) is 4.79 Å². The highest BCUT2D eigenvalue weighted by Crippen LogP contribution is 1.93. The standard InChI is InChI=1S/C13H24N4O/c1-3-12(2)16-13(18)10-14-6-4-5-8-17-9-7-15-11-17/h7,9,11-12,14H,3-6,8,10H2,1-2H3,(H,16,18). The van der Waals surface area contributed by atoms with Crippen LogP contribution < -0.4 is 10.6 Å². The maximum Gasteiger partial charge on any atom is 0.234 e. The molecule has 1 atom stereocenters. The summed E-state index contributed by atoms with van der Waals surface area (Å²) in [5, 5.41) is 6.09. The third-order valence-corrected chi connectivity index (χ3v) is 2.88.